The fourth-order valence-electron chi connectivity index (χ4n) is 0.740. The van der Waals surface area contributed by atoms with E-state index in [1.807, 2.05) is 24.3 Å². The second-order valence-corrected chi connectivity index (χ2v) is 3.83. The maximum Gasteiger partial charge on any atom is 0.134 e. The van der Waals surface area contributed by atoms with Gasteiger partial charge in [-0.3, -0.25) is 0 Å². The van der Waals surface area contributed by atoms with Crippen LogP contribution in [-0.4, -0.2) is 6.61 Å². The third-order valence-corrected chi connectivity index (χ3v) is 2.57. The molecule has 0 saturated heterocycles. The van der Waals surface area contributed by atoms with E-state index in [0.717, 1.165) is 10.2 Å². The topological polar surface area (TPSA) is 9.23 Å². The molecule has 0 unspecified atom stereocenters. The lowest BCUT2D eigenvalue weighted by molar-refractivity contribution is 0.357. The number of halogens is 3. The van der Waals surface area contributed by atoms with Crippen molar-refractivity contribution in [2.45, 2.75) is 0 Å². The van der Waals surface area contributed by atoms with Crippen LogP contribution in [0.25, 0.3) is 0 Å². The quantitative estimate of drug-likeness (QED) is 0.809. The van der Waals surface area contributed by atoms with E-state index in [4.69, 9.17) is 27.9 Å². The minimum atomic E-state index is 0.285. The van der Waals surface area contributed by atoms with Crippen LogP contribution in [0.15, 0.2) is 39.3 Å². The molecule has 0 aliphatic carbocycles. The molecule has 0 atom stereocenters. The molecule has 1 nitrogen and oxygen atoms in total. The van der Waals surface area contributed by atoms with Crippen LogP contribution in [0.2, 0.25) is 0 Å². The van der Waals surface area contributed by atoms with Crippen molar-refractivity contribution in [1.29, 1.82) is 0 Å². The van der Waals surface area contributed by atoms with Crippen LogP contribution in [0.4, 0.5) is 0 Å². The van der Waals surface area contributed by atoms with Gasteiger partial charge >= 0.3 is 0 Å². The van der Waals surface area contributed by atoms with Crippen LogP contribution in [0, 0.1) is 0 Å². The third-order valence-electron chi connectivity index (χ3n) is 1.32. The van der Waals surface area contributed by atoms with Gasteiger partial charge in [0.05, 0.1) is 9.51 Å². The van der Waals surface area contributed by atoms with Gasteiger partial charge in [0.15, 0.2) is 0 Å². The summed E-state index contributed by atoms with van der Waals surface area (Å²) in [5.41, 5.74) is 1.29. The first-order valence-electron chi connectivity index (χ1n) is 3.56. The van der Waals surface area contributed by atoms with Gasteiger partial charge in [0.2, 0.25) is 0 Å². The first-order valence-corrected chi connectivity index (χ1v) is 5.17. The lowest BCUT2D eigenvalue weighted by Gasteiger charge is -2.05. The summed E-state index contributed by atoms with van der Waals surface area (Å²) in [5.74, 6) is 0.749. The normalized spacial score (nSPS) is 11.5. The van der Waals surface area contributed by atoms with E-state index in [2.05, 4.69) is 15.9 Å². The Kier molecular flexibility index (Phi) is 4.64. The highest BCUT2D eigenvalue weighted by Crippen LogP contribution is 2.24. The largest absolute Gasteiger partial charge is 0.487 e. The Balaban J connectivity index is 2.60. The molecule has 0 aromatic heterocycles. The minimum Gasteiger partial charge on any atom is -0.487 e. The molecule has 0 bridgehead atoms. The van der Waals surface area contributed by atoms with Crippen LogP contribution >= 0.6 is 39.1 Å². The molecule has 0 amide bonds. The first-order chi connectivity index (χ1) is 6.24. The Morgan fingerprint density at radius 2 is 2.15 bits per heavy atom. The highest BCUT2D eigenvalue weighted by Gasteiger charge is 1.99. The zero-order chi connectivity index (χ0) is 9.68. The smallest absolute Gasteiger partial charge is 0.134 e. The van der Waals surface area contributed by atoms with Crippen LogP contribution in [0.5, 0.6) is 5.75 Å². The molecule has 13 heavy (non-hydrogen) atoms. The van der Waals surface area contributed by atoms with Crippen molar-refractivity contribution in [3.8, 4) is 5.75 Å². The van der Waals surface area contributed by atoms with E-state index in [9.17, 15) is 0 Å². The highest BCUT2D eigenvalue weighted by atomic mass is 79.9. The van der Waals surface area contributed by atoms with E-state index in [1.54, 1.807) is 0 Å². The molecule has 0 aliphatic rings. The summed E-state index contributed by atoms with van der Waals surface area (Å²) in [7, 11) is 0. The van der Waals surface area contributed by atoms with E-state index in [0.29, 0.717) is 5.03 Å². The molecule has 0 aliphatic heterocycles. The second-order valence-electron chi connectivity index (χ2n) is 2.28. The molecule has 0 fully saturated rings. The summed E-state index contributed by atoms with van der Waals surface area (Å²) in [4.78, 5) is 0. The van der Waals surface area contributed by atoms with Gasteiger partial charge in [-0.05, 0) is 28.1 Å². The molecule has 1 rings (SSSR count). The number of hydrogen-bond donors (Lipinski definition) is 0. The number of hydrogen-bond acceptors (Lipinski definition) is 1. The molecule has 0 radical (unpaired) electrons. The summed E-state index contributed by atoms with van der Waals surface area (Å²) in [5, 5.41) is 0.470. The van der Waals surface area contributed by atoms with Gasteiger partial charge in [-0.25, -0.2) is 0 Å². The summed E-state index contributed by atoms with van der Waals surface area (Å²) in [6.45, 7) is 0.285. The monoisotopic (exact) mass is 280 g/mol. The van der Waals surface area contributed by atoms with Gasteiger partial charge in [0.25, 0.3) is 0 Å². The highest BCUT2D eigenvalue weighted by molar-refractivity contribution is 9.10. The van der Waals surface area contributed by atoms with Crippen LogP contribution < -0.4 is 4.74 Å². The SMILES string of the molecule is Cl/C=C(/Cl)COc1ccccc1Br. The van der Waals surface area contributed by atoms with Crippen molar-refractivity contribution in [1.82, 2.24) is 0 Å². The summed E-state index contributed by atoms with van der Waals surface area (Å²) in [6, 6.07) is 7.55. The molecule has 0 N–H and O–H groups in total. The standard InChI is InChI=1S/C9H7BrCl2O/c10-8-3-1-2-4-9(8)13-6-7(12)5-11/h1-5H,6H2/b7-5+. The Morgan fingerprint density at radius 3 is 2.77 bits per heavy atom. The lowest BCUT2D eigenvalue weighted by Crippen LogP contribution is -1.96. The van der Waals surface area contributed by atoms with Crippen molar-refractivity contribution in [2.24, 2.45) is 0 Å². The van der Waals surface area contributed by atoms with Gasteiger partial charge < -0.3 is 4.74 Å². The lowest BCUT2D eigenvalue weighted by atomic mass is 10.3. The first kappa shape index (κ1) is 10.9. The Labute approximate surface area is 95.4 Å². The van der Waals surface area contributed by atoms with Gasteiger partial charge in [0.1, 0.15) is 12.4 Å². The maximum absolute atomic E-state index is 5.66. The molecule has 70 valence electrons. The summed E-state index contributed by atoms with van der Waals surface area (Å²) < 4.78 is 6.26. The summed E-state index contributed by atoms with van der Waals surface area (Å²) >= 11 is 14.4. The Bertz CT molecular complexity index is 312. The predicted octanol–water partition coefficient (Wildman–Crippen LogP) is 4.15. The van der Waals surface area contributed by atoms with Crippen LogP contribution in [0.1, 0.15) is 0 Å². The van der Waals surface area contributed by atoms with E-state index in [1.165, 1.54) is 5.54 Å². The van der Waals surface area contributed by atoms with Gasteiger partial charge in [-0.15, -0.1) is 0 Å². The average Bonchev–Trinajstić information content (AvgIpc) is 2.16. The van der Waals surface area contributed by atoms with Gasteiger partial charge in [-0.2, -0.15) is 0 Å². The fraction of sp³-hybridized carbons (Fsp3) is 0.111. The number of ether oxygens (including phenoxy) is 1. The molecular formula is C9H7BrCl2O. The van der Waals surface area contributed by atoms with Crippen LogP contribution in [-0.2, 0) is 0 Å². The van der Waals surface area contributed by atoms with Crippen LogP contribution in [0.3, 0.4) is 0 Å². The van der Waals surface area contributed by atoms with Gasteiger partial charge in [-0.1, -0.05) is 35.3 Å². The van der Waals surface area contributed by atoms with Crippen molar-refractivity contribution < 1.29 is 4.74 Å². The van der Waals surface area contributed by atoms with E-state index in [-0.39, 0.29) is 6.61 Å². The molecule has 4 heteroatoms. The number of benzene rings is 1. The molecule has 0 heterocycles. The number of para-hydroxylation sites is 1. The van der Waals surface area contributed by atoms with Crippen molar-refractivity contribution in [2.75, 3.05) is 6.61 Å². The van der Waals surface area contributed by atoms with Crippen molar-refractivity contribution in [3.05, 3.63) is 39.3 Å². The molecule has 1 aromatic carbocycles. The maximum atomic E-state index is 5.66. The zero-order valence-electron chi connectivity index (χ0n) is 6.64. The Morgan fingerprint density at radius 1 is 1.46 bits per heavy atom. The summed E-state index contributed by atoms with van der Waals surface area (Å²) in [6.07, 6.45) is 0. The number of rotatable bonds is 3. The third kappa shape index (κ3) is 3.59. The second kappa shape index (κ2) is 5.53. The Hall–Kier alpha value is -0.180. The van der Waals surface area contributed by atoms with E-state index < -0.39 is 0 Å². The average molecular weight is 282 g/mol. The van der Waals surface area contributed by atoms with Crippen molar-refractivity contribution >= 4 is 39.1 Å². The molecular weight excluding hydrogens is 275 g/mol. The zero-order valence-corrected chi connectivity index (χ0v) is 9.73. The predicted molar refractivity (Wildman–Crippen MR) is 59.4 cm³/mol. The van der Waals surface area contributed by atoms with E-state index >= 15 is 0 Å². The molecule has 0 spiro atoms. The molecule has 0 saturated carbocycles. The molecule has 1 aromatic rings. The fourth-order valence-corrected chi connectivity index (χ4v) is 1.26. The van der Waals surface area contributed by atoms with Gasteiger partial charge in [0, 0.05) is 5.54 Å². The van der Waals surface area contributed by atoms with Crippen molar-refractivity contribution in [3.63, 3.8) is 0 Å². The minimum absolute atomic E-state index is 0.285.